The van der Waals surface area contributed by atoms with E-state index in [0.29, 0.717) is 13.0 Å². The Morgan fingerprint density at radius 3 is 2.57 bits per heavy atom. The second-order valence-corrected chi connectivity index (χ2v) is 7.75. The summed E-state index contributed by atoms with van der Waals surface area (Å²) in [5, 5.41) is 12.0. The first-order valence-corrected chi connectivity index (χ1v) is 10.7. The molecule has 2 rings (SSSR count). The van der Waals surface area contributed by atoms with Crippen molar-refractivity contribution in [2.24, 2.45) is 5.92 Å². The van der Waals surface area contributed by atoms with Gasteiger partial charge in [0.2, 0.25) is 0 Å². The van der Waals surface area contributed by atoms with Crippen molar-refractivity contribution in [2.45, 2.75) is 52.4 Å². The summed E-state index contributed by atoms with van der Waals surface area (Å²) in [4.78, 5) is 29.5. The molecule has 0 saturated carbocycles. The van der Waals surface area contributed by atoms with Gasteiger partial charge in [0.25, 0.3) is 0 Å². The van der Waals surface area contributed by atoms with E-state index in [0.717, 1.165) is 35.3 Å². The highest BCUT2D eigenvalue weighted by atomic mass is 16.4. The minimum absolute atomic E-state index is 0.117. The Balaban J connectivity index is 1.96. The van der Waals surface area contributed by atoms with Gasteiger partial charge >= 0.3 is 12.0 Å². The highest BCUT2D eigenvalue weighted by molar-refractivity contribution is 5.92. The average Bonchev–Trinajstić information content (AvgIpc) is 2.76. The van der Waals surface area contributed by atoms with Crippen molar-refractivity contribution in [3.05, 3.63) is 48.2 Å². The number of benzene rings is 1. The first kappa shape index (κ1) is 23.4. The maximum Gasteiger partial charge on any atom is 0.321 e. The molecular formula is C24H33N3O3. The van der Waals surface area contributed by atoms with Crippen molar-refractivity contribution < 1.29 is 14.7 Å². The van der Waals surface area contributed by atoms with Crippen LogP contribution in [0.2, 0.25) is 0 Å². The first-order valence-electron chi connectivity index (χ1n) is 10.7. The van der Waals surface area contributed by atoms with Crippen molar-refractivity contribution in [1.82, 2.24) is 10.3 Å². The number of carboxylic acid groups (broad SMARTS) is 1. The third kappa shape index (κ3) is 7.17. The van der Waals surface area contributed by atoms with Crippen LogP contribution in [0.4, 0.5) is 10.5 Å². The van der Waals surface area contributed by atoms with E-state index in [9.17, 15) is 9.59 Å². The van der Waals surface area contributed by atoms with Crippen molar-refractivity contribution in [3.63, 3.8) is 0 Å². The van der Waals surface area contributed by atoms with Crippen LogP contribution in [0.5, 0.6) is 0 Å². The normalized spacial score (nSPS) is 11.7. The standard InChI is InChI=1S/C24H33N3O3/c1-4-5-6-7-8-14-25-24(30)27(3)21-11-9-10-20(16-21)22-13-12-19(17-26-22)15-18(2)23(28)29/h9-13,16-18H,4-8,14-15H2,1-3H3,(H,25,30)(H,28,29). The van der Waals surface area contributed by atoms with Gasteiger partial charge in [-0.3, -0.25) is 14.7 Å². The van der Waals surface area contributed by atoms with Gasteiger partial charge in [-0.1, -0.05) is 57.7 Å². The lowest BCUT2D eigenvalue weighted by Gasteiger charge is -2.19. The maximum absolute atomic E-state index is 12.4. The Morgan fingerprint density at radius 1 is 1.13 bits per heavy atom. The zero-order chi connectivity index (χ0) is 21.9. The van der Waals surface area contributed by atoms with E-state index in [1.807, 2.05) is 36.4 Å². The number of nitrogens with one attached hydrogen (secondary N) is 1. The summed E-state index contributed by atoms with van der Waals surface area (Å²) >= 11 is 0. The fourth-order valence-corrected chi connectivity index (χ4v) is 3.19. The largest absolute Gasteiger partial charge is 0.481 e. The smallest absolute Gasteiger partial charge is 0.321 e. The molecule has 6 nitrogen and oxygen atoms in total. The van der Waals surface area contributed by atoms with Gasteiger partial charge in [0.05, 0.1) is 11.6 Å². The Labute approximate surface area is 179 Å². The number of unbranched alkanes of at least 4 members (excludes halogenated alkanes) is 4. The Hall–Kier alpha value is -2.89. The molecule has 0 aliphatic carbocycles. The van der Waals surface area contributed by atoms with Crippen molar-refractivity contribution >= 4 is 17.7 Å². The van der Waals surface area contributed by atoms with Gasteiger partial charge in [0, 0.05) is 31.0 Å². The number of anilines is 1. The third-order valence-electron chi connectivity index (χ3n) is 5.18. The molecule has 0 saturated heterocycles. The number of carbonyl (C=O) groups excluding carboxylic acids is 1. The predicted molar refractivity (Wildman–Crippen MR) is 121 cm³/mol. The lowest BCUT2D eigenvalue weighted by molar-refractivity contribution is -0.141. The van der Waals surface area contributed by atoms with Crippen LogP contribution in [-0.2, 0) is 11.2 Å². The van der Waals surface area contributed by atoms with Gasteiger partial charge in [-0.15, -0.1) is 0 Å². The Bertz CT molecular complexity index is 821. The summed E-state index contributed by atoms with van der Waals surface area (Å²) in [6.07, 6.45) is 7.97. The number of carbonyl (C=O) groups is 2. The molecule has 0 aliphatic heterocycles. The zero-order valence-corrected chi connectivity index (χ0v) is 18.2. The van der Waals surface area contributed by atoms with Gasteiger partial charge in [0.15, 0.2) is 0 Å². The topological polar surface area (TPSA) is 82.5 Å². The molecule has 1 aromatic carbocycles. The van der Waals surface area contributed by atoms with E-state index < -0.39 is 11.9 Å². The van der Waals surface area contributed by atoms with Crippen LogP contribution >= 0.6 is 0 Å². The fourth-order valence-electron chi connectivity index (χ4n) is 3.19. The SMILES string of the molecule is CCCCCCCNC(=O)N(C)c1cccc(-c2ccc(CC(C)C(=O)O)cn2)c1. The summed E-state index contributed by atoms with van der Waals surface area (Å²) in [5.74, 6) is -1.26. The molecular weight excluding hydrogens is 378 g/mol. The van der Waals surface area contributed by atoms with Crippen molar-refractivity contribution in [3.8, 4) is 11.3 Å². The van der Waals surface area contributed by atoms with Gasteiger partial charge in [-0.05, 0) is 36.6 Å². The van der Waals surface area contributed by atoms with E-state index >= 15 is 0 Å². The summed E-state index contributed by atoms with van der Waals surface area (Å²) < 4.78 is 0. The third-order valence-corrected chi connectivity index (χ3v) is 5.18. The number of amides is 2. The molecule has 1 atom stereocenters. The minimum atomic E-state index is -0.811. The summed E-state index contributed by atoms with van der Waals surface area (Å²) in [5.41, 5.74) is 3.37. The molecule has 0 spiro atoms. The van der Waals surface area contributed by atoms with Crippen LogP contribution in [0.1, 0.15) is 51.5 Å². The summed E-state index contributed by atoms with van der Waals surface area (Å²) in [6, 6.07) is 11.4. The number of urea groups is 1. The number of rotatable bonds is 11. The first-order chi connectivity index (χ1) is 14.4. The molecule has 6 heteroatoms. The number of nitrogens with zero attached hydrogens (tertiary/aromatic N) is 2. The van der Waals surface area contributed by atoms with E-state index in [1.54, 1.807) is 25.1 Å². The van der Waals surface area contributed by atoms with Gasteiger partial charge in [-0.2, -0.15) is 0 Å². The van der Waals surface area contributed by atoms with Crippen molar-refractivity contribution in [2.75, 3.05) is 18.5 Å². The molecule has 1 unspecified atom stereocenters. The van der Waals surface area contributed by atoms with Gasteiger partial charge < -0.3 is 10.4 Å². The monoisotopic (exact) mass is 411 g/mol. The number of pyridine rings is 1. The van der Waals surface area contributed by atoms with E-state index in [1.165, 1.54) is 19.3 Å². The molecule has 2 aromatic rings. The average molecular weight is 412 g/mol. The van der Waals surface area contributed by atoms with Crippen LogP contribution in [0.25, 0.3) is 11.3 Å². The minimum Gasteiger partial charge on any atom is -0.481 e. The number of aromatic nitrogens is 1. The second-order valence-electron chi connectivity index (χ2n) is 7.75. The van der Waals surface area contributed by atoms with E-state index in [2.05, 4.69) is 17.2 Å². The zero-order valence-electron chi connectivity index (χ0n) is 18.2. The van der Waals surface area contributed by atoms with Crippen LogP contribution < -0.4 is 10.2 Å². The van der Waals surface area contributed by atoms with Crippen LogP contribution in [-0.4, -0.2) is 35.7 Å². The lowest BCUT2D eigenvalue weighted by Crippen LogP contribution is -2.37. The molecule has 2 amide bonds. The molecule has 2 N–H and O–H groups in total. The molecule has 1 heterocycles. The number of aliphatic carboxylic acids is 1. The van der Waals surface area contributed by atoms with Crippen LogP contribution in [0.3, 0.4) is 0 Å². The highest BCUT2D eigenvalue weighted by Gasteiger charge is 2.13. The number of hydrogen-bond acceptors (Lipinski definition) is 3. The van der Waals surface area contributed by atoms with Gasteiger partial charge in [0.1, 0.15) is 0 Å². The molecule has 30 heavy (non-hydrogen) atoms. The number of carboxylic acids is 1. The van der Waals surface area contributed by atoms with E-state index in [4.69, 9.17) is 5.11 Å². The number of hydrogen-bond donors (Lipinski definition) is 2. The Morgan fingerprint density at radius 2 is 1.90 bits per heavy atom. The van der Waals surface area contributed by atoms with Crippen LogP contribution in [0, 0.1) is 5.92 Å². The maximum atomic E-state index is 12.4. The fraction of sp³-hybridized carbons (Fsp3) is 0.458. The quantitative estimate of drug-likeness (QED) is 0.502. The Kier molecular flexibility index (Phi) is 9.32. The summed E-state index contributed by atoms with van der Waals surface area (Å²) in [7, 11) is 1.76. The molecule has 0 fully saturated rings. The summed E-state index contributed by atoms with van der Waals surface area (Å²) in [6.45, 7) is 4.56. The molecule has 0 radical (unpaired) electrons. The molecule has 162 valence electrons. The van der Waals surface area contributed by atoms with Crippen molar-refractivity contribution in [1.29, 1.82) is 0 Å². The lowest BCUT2D eigenvalue weighted by atomic mass is 10.0. The molecule has 1 aromatic heterocycles. The highest BCUT2D eigenvalue weighted by Crippen LogP contribution is 2.23. The van der Waals surface area contributed by atoms with Crippen LogP contribution in [0.15, 0.2) is 42.6 Å². The molecule has 0 bridgehead atoms. The van der Waals surface area contributed by atoms with Gasteiger partial charge in [-0.25, -0.2) is 4.79 Å². The van der Waals surface area contributed by atoms with E-state index in [-0.39, 0.29) is 6.03 Å². The molecule has 0 aliphatic rings. The second kappa shape index (κ2) is 12.0. The predicted octanol–water partition coefficient (Wildman–Crippen LogP) is 5.13.